The number of benzene rings is 3. The monoisotopic (exact) mass is 333 g/mol. The van der Waals surface area contributed by atoms with Crippen LogP contribution in [0.2, 0.25) is 0 Å². The summed E-state index contributed by atoms with van der Waals surface area (Å²) in [7, 11) is 1.62. The third kappa shape index (κ3) is 2.62. The van der Waals surface area contributed by atoms with Crippen LogP contribution in [0.1, 0.15) is 0 Å². The van der Waals surface area contributed by atoms with Crippen molar-refractivity contribution >= 4 is 10.9 Å². The average Bonchev–Trinajstić information content (AvgIpc) is 3.03. The lowest BCUT2D eigenvalue weighted by Crippen LogP contribution is -1.97. The van der Waals surface area contributed by atoms with Crippen molar-refractivity contribution in [3.63, 3.8) is 0 Å². The lowest BCUT2D eigenvalue weighted by Gasteiger charge is -2.12. The Morgan fingerprint density at radius 3 is 2.44 bits per heavy atom. The van der Waals surface area contributed by atoms with Gasteiger partial charge in [-0.1, -0.05) is 12.1 Å². The van der Waals surface area contributed by atoms with Crippen molar-refractivity contribution in [3.05, 3.63) is 78.6 Å². The van der Waals surface area contributed by atoms with Gasteiger partial charge in [0.05, 0.1) is 18.3 Å². The summed E-state index contributed by atoms with van der Waals surface area (Å²) in [5.41, 5.74) is 3.50. The van der Waals surface area contributed by atoms with Crippen molar-refractivity contribution in [1.82, 2.24) is 4.57 Å². The van der Waals surface area contributed by atoms with Crippen molar-refractivity contribution < 1.29 is 14.2 Å². The van der Waals surface area contributed by atoms with Gasteiger partial charge in [-0.05, 0) is 60.2 Å². The number of ether oxygens (including phenoxy) is 1. The molecule has 0 aliphatic heterocycles. The largest absolute Gasteiger partial charge is 0.507 e. The van der Waals surface area contributed by atoms with Crippen molar-refractivity contribution in [2.24, 2.45) is 0 Å². The van der Waals surface area contributed by atoms with E-state index < -0.39 is 0 Å². The summed E-state index contributed by atoms with van der Waals surface area (Å²) in [5.74, 6) is 0.669. The molecule has 3 nitrogen and oxygen atoms in total. The number of hydrogen-bond donors (Lipinski definition) is 1. The predicted octanol–water partition coefficient (Wildman–Crippen LogP) is 5.15. The Kier molecular flexibility index (Phi) is 3.65. The second-order valence-electron chi connectivity index (χ2n) is 5.78. The zero-order valence-corrected chi connectivity index (χ0v) is 13.6. The molecule has 1 heterocycles. The number of methoxy groups -OCH3 is 1. The van der Waals surface area contributed by atoms with Crippen molar-refractivity contribution in [2.75, 3.05) is 7.11 Å². The molecule has 4 rings (SSSR count). The fraction of sp³-hybridized carbons (Fsp3) is 0.0476. The first kappa shape index (κ1) is 15.3. The third-order valence-electron chi connectivity index (χ3n) is 4.27. The van der Waals surface area contributed by atoms with Crippen LogP contribution in [-0.4, -0.2) is 16.8 Å². The molecule has 1 N–H and O–H groups in total. The average molecular weight is 333 g/mol. The molecule has 0 aliphatic rings. The minimum absolute atomic E-state index is 0.211. The van der Waals surface area contributed by atoms with Crippen LogP contribution >= 0.6 is 0 Å². The molecule has 0 bridgehead atoms. The lowest BCUT2D eigenvalue weighted by molar-refractivity contribution is 0.414. The maximum absolute atomic E-state index is 13.3. The molecule has 0 amide bonds. The van der Waals surface area contributed by atoms with E-state index in [-0.39, 0.29) is 11.6 Å². The molecule has 4 aromatic rings. The van der Waals surface area contributed by atoms with Crippen LogP contribution in [0.3, 0.4) is 0 Å². The first-order chi connectivity index (χ1) is 12.2. The fourth-order valence-corrected chi connectivity index (χ4v) is 3.08. The summed E-state index contributed by atoms with van der Waals surface area (Å²) in [6, 6.07) is 21.4. The van der Waals surface area contributed by atoms with Crippen molar-refractivity contribution in [1.29, 1.82) is 0 Å². The molecule has 0 spiro atoms. The maximum atomic E-state index is 13.3. The van der Waals surface area contributed by atoms with Gasteiger partial charge in [-0.25, -0.2) is 4.39 Å². The van der Waals surface area contributed by atoms with Crippen LogP contribution in [0.15, 0.2) is 72.8 Å². The minimum atomic E-state index is -0.282. The summed E-state index contributed by atoms with van der Waals surface area (Å²) < 4.78 is 20.7. The van der Waals surface area contributed by atoms with E-state index in [1.165, 1.54) is 12.1 Å². The minimum Gasteiger partial charge on any atom is -0.507 e. The molecule has 0 saturated heterocycles. The van der Waals surface area contributed by atoms with E-state index in [0.717, 1.165) is 33.6 Å². The van der Waals surface area contributed by atoms with Crippen LogP contribution in [0.5, 0.6) is 11.5 Å². The highest BCUT2D eigenvalue weighted by atomic mass is 19.1. The number of fused-ring (bicyclic) bond motifs is 1. The molecule has 124 valence electrons. The first-order valence-electron chi connectivity index (χ1n) is 7.91. The van der Waals surface area contributed by atoms with Gasteiger partial charge in [-0.3, -0.25) is 0 Å². The number of aromatic nitrogens is 1. The van der Waals surface area contributed by atoms with Crippen LogP contribution in [0.4, 0.5) is 4.39 Å². The molecule has 4 heteroatoms. The van der Waals surface area contributed by atoms with Gasteiger partial charge >= 0.3 is 0 Å². The molecule has 0 unspecified atom stereocenters. The van der Waals surface area contributed by atoms with Gasteiger partial charge in [0.1, 0.15) is 17.3 Å². The number of hydrogen-bond acceptors (Lipinski definition) is 2. The second kappa shape index (κ2) is 5.98. The highest BCUT2D eigenvalue weighted by Gasteiger charge is 2.15. The summed E-state index contributed by atoms with van der Waals surface area (Å²) >= 11 is 0. The van der Waals surface area contributed by atoms with E-state index in [0.29, 0.717) is 0 Å². The zero-order chi connectivity index (χ0) is 17.4. The SMILES string of the molecule is COc1cccc(-n2c(-c3ccc(F)cc3)cc3c(O)cccc32)c1. The van der Waals surface area contributed by atoms with Crippen molar-refractivity contribution in [3.8, 4) is 28.4 Å². The predicted molar refractivity (Wildman–Crippen MR) is 96.9 cm³/mol. The molecule has 0 fully saturated rings. The van der Waals surface area contributed by atoms with Gasteiger partial charge < -0.3 is 14.4 Å². The Morgan fingerprint density at radius 2 is 1.68 bits per heavy atom. The molecule has 0 saturated carbocycles. The third-order valence-corrected chi connectivity index (χ3v) is 4.27. The van der Waals surface area contributed by atoms with Gasteiger partial charge in [0.15, 0.2) is 0 Å². The van der Waals surface area contributed by atoms with E-state index in [1.807, 2.05) is 47.0 Å². The number of halogens is 1. The molecule has 0 aliphatic carbocycles. The molecule has 0 radical (unpaired) electrons. The normalized spacial score (nSPS) is 11.0. The van der Waals surface area contributed by atoms with Crippen LogP contribution in [-0.2, 0) is 0 Å². The topological polar surface area (TPSA) is 34.4 Å². The number of phenolic OH excluding ortho intramolecular Hbond substituents is 1. The van der Waals surface area contributed by atoms with E-state index in [9.17, 15) is 9.50 Å². The Balaban J connectivity index is 2.04. The van der Waals surface area contributed by atoms with Gasteiger partial charge in [-0.15, -0.1) is 0 Å². The Labute approximate surface area is 144 Å². The molecule has 3 aromatic carbocycles. The highest BCUT2D eigenvalue weighted by molar-refractivity contribution is 5.93. The molecule has 25 heavy (non-hydrogen) atoms. The van der Waals surface area contributed by atoms with E-state index >= 15 is 0 Å². The van der Waals surface area contributed by atoms with Crippen LogP contribution < -0.4 is 4.74 Å². The number of nitrogens with zero attached hydrogens (tertiary/aromatic N) is 1. The van der Waals surface area contributed by atoms with Gasteiger partial charge in [-0.2, -0.15) is 0 Å². The lowest BCUT2D eigenvalue weighted by atomic mass is 10.1. The molecular formula is C21H16FNO2. The van der Waals surface area contributed by atoms with Gasteiger partial charge in [0.25, 0.3) is 0 Å². The Bertz CT molecular complexity index is 1050. The number of aromatic hydroxyl groups is 1. The highest BCUT2D eigenvalue weighted by Crippen LogP contribution is 2.36. The number of phenols is 1. The quantitative estimate of drug-likeness (QED) is 0.562. The maximum Gasteiger partial charge on any atom is 0.124 e. The van der Waals surface area contributed by atoms with E-state index in [4.69, 9.17) is 4.74 Å². The summed E-state index contributed by atoms with van der Waals surface area (Å²) in [5, 5.41) is 11.0. The van der Waals surface area contributed by atoms with Crippen molar-refractivity contribution in [2.45, 2.75) is 0 Å². The van der Waals surface area contributed by atoms with Crippen LogP contribution in [0, 0.1) is 5.82 Å². The number of rotatable bonds is 3. The van der Waals surface area contributed by atoms with E-state index in [2.05, 4.69) is 0 Å². The zero-order valence-electron chi connectivity index (χ0n) is 13.6. The van der Waals surface area contributed by atoms with Gasteiger partial charge in [0, 0.05) is 17.1 Å². The second-order valence-corrected chi connectivity index (χ2v) is 5.78. The van der Waals surface area contributed by atoms with E-state index in [1.54, 1.807) is 25.3 Å². The summed E-state index contributed by atoms with van der Waals surface area (Å²) in [6.07, 6.45) is 0. The molecular weight excluding hydrogens is 317 g/mol. The fourth-order valence-electron chi connectivity index (χ4n) is 3.08. The Morgan fingerprint density at radius 1 is 0.920 bits per heavy atom. The Hall–Kier alpha value is -3.27. The smallest absolute Gasteiger partial charge is 0.124 e. The van der Waals surface area contributed by atoms with Gasteiger partial charge in [0.2, 0.25) is 0 Å². The first-order valence-corrected chi connectivity index (χ1v) is 7.91. The summed E-state index contributed by atoms with van der Waals surface area (Å²) in [4.78, 5) is 0. The standard InChI is InChI=1S/C21H16FNO2/c1-25-17-5-2-4-16(12-17)23-19-6-3-7-21(24)18(19)13-20(23)14-8-10-15(22)11-9-14/h2-13,24H,1H3. The molecule has 0 atom stereocenters. The van der Waals surface area contributed by atoms with Crippen LogP contribution in [0.25, 0.3) is 27.8 Å². The molecule has 1 aromatic heterocycles. The summed E-state index contributed by atoms with van der Waals surface area (Å²) in [6.45, 7) is 0.